The van der Waals surface area contributed by atoms with E-state index < -0.39 is 18.4 Å². The van der Waals surface area contributed by atoms with E-state index in [1.807, 2.05) is 0 Å². The Morgan fingerprint density at radius 2 is 2.06 bits per heavy atom. The molecule has 0 saturated heterocycles. The second-order valence-corrected chi connectivity index (χ2v) is 4.91. The predicted octanol–water partition coefficient (Wildman–Crippen LogP) is 1.31. The maximum atomic E-state index is 11.4. The van der Waals surface area contributed by atoms with Crippen molar-refractivity contribution in [3.05, 3.63) is 33.8 Å². The molecule has 1 aromatic carbocycles. The summed E-state index contributed by atoms with van der Waals surface area (Å²) in [6.07, 6.45) is -2.00. The van der Waals surface area contributed by atoms with E-state index in [-0.39, 0.29) is 13.2 Å². The standard InChI is InChI=1S/C12H14BrNO4/c1-2-18-10(15)6-14-11(16)8-4-3-7(13)5-9(8)12(14)17/h3-5,11-12,16-17H,2,6H2,1H3. The number of carbonyl (C=O) groups excluding carboxylic acids is 1. The Kier molecular flexibility index (Phi) is 4.01. The first kappa shape index (κ1) is 13.5. The molecule has 0 saturated carbocycles. The number of aliphatic hydroxyl groups excluding tert-OH is 2. The van der Waals surface area contributed by atoms with Gasteiger partial charge in [0, 0.05) is 15.6 Å². The highest BCUT2D eigenvalue weighted by Gasteiger charge is 2.37. The maximum absolute atomic E-state index is 11.4. The van der Waals surface area contributed by atoms with Gasteiger partial charge in [0.05, 0.1) is 6.61 Å². The number of esters is 1. The Balaban J connectivity index is 2.20. The third kappa shape index (κ3) is 2.42. The van der Waals surface area contributed by atoms with Crippen molar-refractivity contribution in [2.45, 2.75) is 19.4 Å². The Labute approximate surface area is 113 Å². The number of hydrogen-bond acceptors (Lipinski definition) is 5. The molecule has 1 aromatic rings. The molecule has 0 bridgehead atoms. The topological polar surface area (TPSA) is 70.0 Å². The summed E-state index contributed by atoms with van der Waals surface area (Å²) in [6, 6.07) is 5.23. The molecule has 0 aromatic heterocycles. The van der Waals surface area contributed by atoms with Gasteiger partial charge in [-0.25, -0.2) is 4.90 Å². The molecule has 0 radical (unpaired) electrons. The molecule has 5 nitrogen and oxygen atoms in total. The van der Waals surface area contributed by atoms with Crippen LogP contribution in [0.15, 0.2) is 22.7 Å². The second kappa shape index (κ2) is 5.36. The first-order chi connectivity index (χ1) is 8.54. The number of hydrogen-bond donors (Lipinski definition) is 2. The van der Waals surface area contributed by atoms with E-state index in [0.717, 1.165) is 4.47 Å². The van der Waals surface area contributed by atoms with Gasteiger partial charge >= 0.3 is 5.97 Å². The van der Waals surface area contributed by atoms with Crippen LogP contribution in [0.5, 0.6) is 0 Å². The van der Waals surface area contributed by atoms with Gasteiger partial charge in [-0.05, 0) is 19.1 Å². The molecule has 2 unspecified atom stereocenters. The van der Waals surface area contributed by atoms with Crippen LogP contribution in [0.4, 0.5) is 0 Å². The lowest BCUT2D eigenvalue weighted by Gasteiger charge is -2.22. The average molecular weight is 316 g/mol. The Bertz CT molecular complexity index is 465. The number of benzene rings is 1. The lowest BCUT2D eigenvalue weighted by molar-refractivity contribution is -0.154. The van der Waals surface area contributed by atoms with E-state index in [9.17, 15) is 15.0 Å². The summed E-state index contributed by atoms with van der Waals surface area (Å²) in [4.78, 5) is 12.7. The summed E-state index contributed by atoms with van der Waals surface area (Å²) in [6.45, 7) is 1.83. The van der Waals surface area contributed by atoms with Crippen molar-refractivity contribution in [1.29, 1.82) is 0 Å². The van der Waals surface area contributed by atoms with Crippen LogP contribution >= 0.6 is 15.9 Å². The van der Waals surface area contributed by atoms with Crippen LogP contribution in [0, 0.1) is 0 Å². The summed E-state index contributed by atoms with van der Waals surface area (Å²) in [7, 11) is 0. The minimum Gasteiger partial charge on any atom is -0.465 e. The molecule has 98 valence electrons. The summed E-state index contributed by atoms with van der Waals surface area (Å²) in [5.41, 5.74) is 1.20. The van der Waals surface area contributed by atoms with E-state index in [1.165, 1.54) is 4.90 Å². The van der Waals surface area contributed by atoms with Gasteiger partial charge in [-0.2, -0.15) is 0 Å². The molecule has 0 spiro atoms. The zero-order chi connectivity index (χ0) is 13.3. The smallest absolute Gasteiger partial charge is 0.320 e. The minimum absolute atomic E-state index is 0.150. The first-order valence-corrected chi connectivity index (χ1v) is 6.40. The Morgan fingerprint density at radius 1 is 1.39 bits per heavy atom. The summed E-state index contributed by atoms with van der Waals surface area (Å²) in [5.74, 6) is -0.470. The van der Waals surface area contributed by atoms with Crippen LogP contribution in [-0.4, -0.2) is 34.2 Å². The van der Waals surface area contributed by atoms with E-state index >= 15 is 0 Å². The fraction of sp³-hybridized carbons (Fsp3) is 0.417. The Hall–Kier alpha value is -0.950. The number of nitrogens with zero attached hydrogens (tertiary/aromatic N) is 1. The van der Waals surface area contributed by atoms with Gasteiger partial charge in [-0.3, -0.25) is 4.79 Å². The quantitative estimate of drug-likeness (QED) is 0.823. The third-order valence-corrected chi connectivity index (χ3v) is 3.34. The summed E-state index contributed by atoms with van der Waals surface area (Å²) in [5, 5.41) is 20.2. The number of carbonyl (C=O) groups is 1. The summed E-state index contributed by atoms with van der Waals surface area (Å²) >= 11 is 3.31. The van der Waals surface area contributed by atoms with Crippen LogP contribution in [0.3, 0.4) is 0 Å². The largest absolute Gasteiger partial charge is 0.465 e. The molecule has 18 heavy (non-hydrogen) atoms. The summed E-state index contributed by atoms with van der Waals surface area (Å²) < 4.78 is 5.62. The molecule has 2 N–H and O–H groups in total. The van der Waals surface area contributed by atoms with Crippen molar-refractivity contribution in [1.82, 2.24) is 4.90 Å². The van der Waals surface area contributed by atoms with E-state index in [1.54, 1.807) is 25.1 Å². The molecule has 1 aliphatic heterocycles. The highest BCUT2D eigenvalue weighted by Crippen LogP contribution is 2.39. The van der Waals surface area contributed by atoms with E-state index in [2.05, 4.69) is 15.9 Å². The van der Waals surface area contributed by atoms with Crippen LogP contribution in [-0.2, 0) is 9.53 Å². The van der Waals surface area contributed by atoms with Gasteiger partial charge in [0.2, 0.25) is 0 Å². The molecular formula is C12H14BrNO4. The number of fused-ring (bicyclic) bond motifs is 1. The lowest BCUT2D eigenvalue weighted by atomic mass is 10.1. The van der Waals surface area contributed by atoms with Crippen molar-refractivity contribution in [3.63, 3.8) is 0 Å². The number of ether oxygens (including phenoxy) is 1. The maximum Gasteiger partial charge on any atom is 0.320 e. The number of aliphatic hydroxyl groups is 2. The Morgan fingerprint density at radius 3 is 2.72 bits per heavy atom. The molecule has 0 amide bonds. The third-order valence-electron chi connectivity index (χ3n) is 2.85. The zero-order valence-corrected chi connectivity index (χ0v) is 11.4. The molecule has 6 heteroatoms. The molecule has 2 rings (SSSR count). The van der Waals surface area contributed by atoms with Gasteiger partial charge in [0.1, 0.15) is 19.0 Å². The van der Waals surface area contributed by atoms with Crippen LogP contribution in [0.1, 0.15) is 30.5 Å². The van der Waals surface area contributed by atoms with Gasteiger partial charge in [0.25, 0.3) is 0 Å². The molecule has 2 atom stereocenters. The minimum atomic E-state index is -1.00. The number of rotatable bonds is 3. The van der Waals surface area contributed by atoms with Gasteiger partial charge in [-0.15, -0.1) is 0 Å². The SMILES string of the molecule is CCOC(=O)CN1C(O)c2ccc(Br)cc2C1O. The van der Waals surface area contributed by atoms with Crippen LogP contribution in [0.2, 0.25) is 0 Å². The van der Waals surface area contributed by atoms with Crippen molar-refractivity contribution in [3.8, 4) is 0 Å². The fourth-order valence-corrected chi connectivity index (χ4v) is 2.40. The number of halogens is 1. The highest BCUT2D eigenvalue weighted by atomic mass is 79.9. The van der Waals surface area contributed by atoms with Crippen LogP contribution in [0.25, 0.3) is 0 Å². The van der Waals surface area contributed by atoms with Gasteiger partial charge in [-0.1, -0.05) is 22.0 Å². The average Bonchev–Trinajstić information content (AvgIpc) is 2.55. The zero-order valence-electron chi connectivity index (χ0n) is 9.84. The van der Waals surface area contributed by atoms with Crippen molar-refractivity contribution < 1.29 is 19.7 Å². The predicted molar refractivity (Wildman–Crippen MR) is 67.4 cm³/mol. The molecular weight excluding hydrogens is 302 g/mol. The van der Waals surface area contributed by atoms with E-state index in [0.29, 0.717) is 11.1 Å². The van der Waals surface area contributed by atoms with Crippen LogP contribution < -0.4 is 0 Å². The molecule has 1 aliphatic rings. The van der Waals surface area contributed by atoms with Gasteiger partial charge in [0.15, 0.2) is 0 Å². The molecule has 1 heterocycles. The van der Waals surface area contributed by atoms with Gasteiger partial charge < -0.3 is 14.9 Å². The van der Waals surface area contributed by atoms with Crippen molar-refractivity contribution >= 4 is 21.9 Å². The van der Waals surface area contributed by atoms with E-state index in [4.69, 9.17) is 4.74 Å². The molecule has 0 aliphatic carbocycles. The first-order valence-electron chi connectivity index (χ1n) is 5.61. The highest BCUT2D eigenvalue weighted by molar-refractivity contribution is 9.10. The molecule has 0 fully saturated rings. The van der Waals surface area contributed by atoms with Crippen molar-refractivity contribution in [2.75, 3.05) is 13.2 Å². The van der Waals surface area contributed by atoms with Crippen molar-refractivity contribution in [2.24, 2.45) is 0 Å². The lowest BCUT2D eigenvalue weighted by Crippen LogP contribution is -2.32. The monoisotopic (exact) mass is 315 g/mol. The second-order valence-electron chi connectivity index (χ2n) is 4.00. The normalized spacial score (nSPS) is 22.9. The fourth-order valence-electron chi connectivity index (χ4n) is 2.02.